The van der Waals surface area contributed by atoms with Crippen LogP contribution in [0, 0.1) is 20.8 Å². The molecule has 0 atom stereocenters. The smallest absolute Gasteiger partial charge is 0.127 e. The van der Waals surface area contributed by atoms with Gasteiger partial charge in [-0.3, -0.25) is 0 Å². The van der Waals surface area contributed by atoms with E-state index in [0.717, 1.165) is 5.75 Å². The second-order valence-electron chi connectivity index (χ2n) is 4.74. The summed E-state index contributed by atoms with van der Waals surface area (Å²) in [4.78, 5) is 0. The van der Waals surface area contributed by atoms with Gasteiger partial charge in [0.25, 0.3) is 0 Å². The van der Waals surface area contributed by atoms with Crippen LogP contribution in [0.5, 0.6) is 5.75 Å². The summed E-state index contributed by atoms with van der Waals surface area (Å²) in [5, 5.41) is 11.3. The fraction of sp³-hybridized carbons (Fsp3) is 0.375. The summed E-state index contributed by atoms with van der Waals surface area (Å²) in [6.45, 7) is 7.13. The van der Waals surface area contributed by atoms with E-state index < -0.39 is 0 Å². The first kappa shape index (κ1) is 12.9. The molecule has 0 bridgehead atoms. The molecule has 2 aromatic carbocycles. The minimum atomic E-state index is 0.169. The zero-order valence-electron chi connectivity index (χ0n) is 11.3. The van der Waals surface area contributed by atoms with Crippen molar-refractivity contribution in [1.29, 1.82) is 0 Å². The Morgan fingerprint density at radius 3 is 2.61 bits per heavy atom. The molecule has 2 rings (SSSR count). The number of ether oxygens (including phenoxy) is 1. The molecule has 0 aliphatic heterocycles. The molecule has 0 aromatic heterocycles. The average molecular weight is 244 g/mol. The number of rotatable bonds is 4. The van der Waals surface area contributed by atoms with E-state index in [9.17, 15) is 0 Å². The number of benzene rings is 2. The van der Waals surface area contributed by atoms with Gasteiger partial charge in [-0.25, -0.2) is 0 Å². The van der Waals surface area contributed by atoms with Crippen molar-refractivity contribution in [3.8, 4) is 5.75 Å². The van der Waals surface area contributed by atoms with Crippen LogP contribution in [-0.4, -0.2) is 18.3 Å². The molecule has 0 unspecified atom stereocenters. The highest BCUT2D eigenvalue weighted by Gasteiger charge is 2.09. The Labute approximate surface area is 108 Å². The molecule has 0 radical (unpaired) electrons. The molecule has 1 N–H and O–H groups in total. The molecule has 2 heteroatoms. The summed E-state index contributed by atoms with van der Waals surface area (Å²) in [6.07, 6.45) is 0.667. The van der Waals surface area contributed by atoms with Crippen LogP contribution in [0.3, 0.4) is 0 Å². The molecular formula is C16H20O2. The summed E-state index contributed by atoms with van der Waals surface area (Å²) < 4.78 is 5.78. The van der Waals surface area contributed by atoms with E-state index in [2.05, 4.69) is 32.9 Å². The zero-order valence-corrected chi connectivity index (χ0v) is 11.3. The Hall–Kier alpha value is -1.54. The normalized spacial score (nSPS) is 10.9. The van der Waals surface area contributed by atoms with Crippen molar-refractivity contribution in [3.05, 3.63) is 41.0 Å². The Balaban J connectivity index is 2.51. The van der Waals surface area contributed by atoms with Crippen molar-refractivity contribution in [1.82, 2.24) is 0 Å². The van der Waals surface area contributed by atoms with E-state index in [1.807, 2.05) is 12.1 Å². The first-order valence-electron chi connectivity index (χ1n) is 6.38. The van der Waals surface area contributed by atoms with Gasteiger partial charge in [-0.2, -0.15) is 0 Å². The highest BCUT2D eigenvalue weighted by Crippen LogP contribution is 2.32. The second kappa shape index (κ2) is 5.40. The van der Waals surface area contributed by atoms with Crippen LogP contribution in [0.1, 0.15) is 23.1 Å². The van der Waals surface area contributed by atoms with Crippen molar-refractivity contribution in [3.63, 3.8) is 0 Å². The lowest BCUT2D eigenvalue weighted by atomic mass is 9.96. The van der Waals surface area contributed by atoms with E-state index >= 15 is 0 Å². The Kier molecular flexibility index (Phi) is 3.87. The largest absolute Gasteiger partial charge is 0.493 e. The molecule has 0 aliphatic carbocycles. The van der Waals surface area contributed by atoms with Gasteiger partial charge in [0.05, 0.1) is 6.61 Å². The standard InChI is InChI=1S/C16H20O2/c1-11-10-12(2)16-14(13(11)3)6-4-7-15(16)18-9-5-8-17/h4,6-7,10,17H,5,8-9H2,1-3H3. The van der Waals surface area contributed by atoms with E-state index in [0.29, 0.717) is 13.0 Å². The quantitative estimate of drug-likeness (QED) is 0.834. The lowest BCUT2D eigenvalue weighted by Gasteiger charge is -2.14. The van der Waals surface area contributed by atoms with Gasteiger partial charge in [0.15, 0.2) is 0 Å². The summed E-state index contributed by atoms with van der Waals surface area (Å²) >= 11 is 0. The van der Waals surface area contributed by atoms with Crippen molar-refractivity contribution < 1.29 is 9.84 Å². The van der Waals surface area contributed by atoms with Gasteiger partial charge >= 0.3 is 0 Å². The van der Waals surface area contributed by atoms with Gasteiger partial charge in [0, 0.05) is 18.4 Å². The molecule has 0 saturated carbocycles. The first-order chi connectivity index (χ1) is 8.65. The van der Waals surface area contributed by atoms with Crippen LogP contribution < -0.4 is 4.74 Å². The number of aliphatic hydroxyl groups is 1. The van der Waals surface area contributed by atoms with Gasteiger partial charge in [-0.05, 0) is 48.9 Å². The molecular weight excluding hydrogens is 224 g/mol. The average Bonchev–Trinajstić information content (AvgIpc) is 2.36. The van der Waals surface area contributed by atoms with Crippen LogP contribution in [0.4, 0.5) is 0 Å². The number of fused-ring (bicyclic) bond motifs is 1. The number of aliphatic hydroxyl groups excluding tert-OH is 1. The van der Waals surface area contributed by atoms with Gasteiger partial charge < -0.3 is 9.84 Å². The highest BCUT2D eigenvalue weighted by atomic mass is 16.5. The van der Waals surface area contributed by atoms with E-state index in [4.69, 9.17) is 9.84 Å². The zero-order chi connectivity index (χ0) is 13.1. The minimum absolute atomic E-state index is 0.169. The Morgan fingerprint density at radius 2 is 1.89 bits per heavy atom. The van der Waals surface area contributed by atoms with Crippen LogP contribution in [0.2, 0.25) is 0 Å². The molecule has 2 aromatic rings. The monoisotopic (exact) mass is 244 g/mol. The first-order valence-corrected chi connectivity index (χ1v) is 6.38. The minimum Gasteiger partial charge on any atom is -0.493 e. The van der Waals surface area contributed by atoms with Crippen LogP contribution in [0.15, 0.2) is 24.3 Å². The SMILES string of the molecule is Cc1cc(C)c2c(OCCCO)cccc2c1C. The lowest BCUT2D eigenvalue weighted by Crippen LogP contribution is -2.01. The molecule has 96 valence electrons. The van der Waals surface area contributed by atoms with Crippen molar-refractivity contribution in [2.75, 3.05) is 13.2 Å². The molecule has 0 spiro atoms. The molecule has 0 fully saturated rings. The molecule has 0 aliphatic rings. The maximum absolute atomic E-state index is 8.81. The van der Waals surface area contributed by atoms with Gasteiger partial charge in [0.2, 0.25) is 0 Å². The molecule has 2 nitrogen and oxygen atoms in total. The fourth-order valence-electron chi connectivity index (χ4n) is 2.33. The second-order valence-corrected chi connectivity index (χ2v) is 4.74. The molecule has 18 heavy (non-hydrogen) atoms. The summed E-state index contributed by atoms with van der Waals surface area (Å²) in [6, 6.07) is 8.38. The van der Waals surface area contributed by atoms with E-state index in [1.54, 1.807) is 0 Å². The highest BCUT2D eigenvalue weighted by molar-refractivity contribution is 5.94. The van der Waals surface area contributed by atoms with Crippen LogP contribution >= 0.6 is 0 Å². The predicted octanol–water partition coefficient (Wildman–Crippen LogP) is 3.53. The topological polar surface area (TPSA) is 29.5 Å². The van der Waals surface area contributed by atoms with Crippen LogP contribution in [-0.2, 0) is 0 Å². The summed E-state index contributed by atoms with van der Waals surface area (Å²) in [7, 11) is 0. The van der Waals surface area contributed by atoms with E-state index in [1.165, 1.54) is 27.5 Å². The summed E-state index contributed by atoms with van der Waals surface area (Å²) in [5.74, 6) is 0.918. The maximum atomic E-state index is 8.81. The number of hydrogen-bond donors (Lipinski definition) is 1. The van der Waals surface area contributed by atoms with Crippen molar-refractivity contribution in [2.24, 2.45) is 0 Å². The summed E-state index contributed by atoms with van der Waals surface area (Å²) in [5.41, 5.74) is 3.86. The van der Waals surface area contributed by atoms with Gasteiger partial charge in [-0.15, -0.1) is 0 Å². The predicted molar refractivity (Wildman–Crippen MR) is 75.4 cm³/mol. The third-order valence-corrected chi connectivity index (χ3v) is 3.41. The number of hydrogen-bond acceptors (Lipinski definition) is 2. The molecule has 0 amide bonds. The van der Waals surface area contributed by atoms with Gasteiger partial charge in [0.1, 0.15) is 5.75 Å². The van der Waals surface area contributed by atoms with Crippen LogP contribution in [0.25, 0.3) is 10.8 Å². The fourth-order valence-corrected chi connectivity index (χ4v) is 2.33. The lowest BCUT2D eigenvalue weighted by molar-refractivity contribution is 0.235. The van der Waals surface area contributed by atoms with E-state index in [-0.39, 0.29) is 6.61 Å². The third kappa shape index (κ3) is 2.34. The third-order valence-electron chi connectivity index (χ3n) is 3.41. The van der Waals surface area contributed by atoms with Crippen molar-refractivity contribution >= 4 is 10.8 Å². The Bertz CT molecular complexity index is 559. The van der Waals surface area contributed by atoms with Crippen molar-refractivity contribution in [2.45, 2.75) is 27.2 Å². The van der Waals surface area contributed by atoms with Gasteiger partial charge in [-0.1, -0.05) is 18.2 Å². The Morgan fingerprint density at radius 1 is 1.11 bits per heavy atom. The number of aryl methyl sites for hydroxylation is 3. The molecule has 0 heterocycles. The molecule has 0 saturated heterocycles. The maximum Gasteiger partial charge on any atom is 0.127 e.